The van der Waals surface area contributed by atoms with Crippen molar-refractivity contribution >= 4 is 10.0 Å². The van der Waals surface area contributed by atoms with E-state index in [2.05, 4.69) is 10.0 Å². The molecule has 0 bridgehead atoms. The van der Waals surface area contributed by atoms with E-state index < -0.39 is 27.2 Å². The Balaban J connectivity index is 2.69. The van der Waals surface area contributed by atoms with Crippen molar-refractivity contribution in [3.05, 3.63) is 35.4 Å². The molecule has 7 heteroatoms. The first kappa shape index (κ1) is 17.0. The Hall–Kier alpha value is -1.05. The topological polar surface area (TPSA) is 58.2 Å². The maximum atomic E-state index is 13.1. The number of sulfonamides is 1. The lowest BCUT2D eigenvalue weighted by Gasteiger charge is -2.27. The smallest absolute Gasteiger partial charge is 0.209 e. The Kier molecular flexibility index (Phi) is 5.23. The number of hydrogen-bond donors (Lipinski definition) is 2. The van der Waals surface area contributed by atoms with Crippen molar-refractivity contribution in [2.45, 2.75) is 32.4 Å². The number of rotatable bonds is 6. The van der Waals surface area contributed by atoms with E-state index in [-0.39, 0.29) is 6.04 Å². The lowest BCUT2D eigenvalue weighted by atomic mass is 10.0. The molecule has 1 unspecified atom stereocenters. The third-order valence-corrected chi connectivity index (χ3v) is 3.62. The second-order valence-electron chi connectivity index (χ2n) is 5.56. The minimum Gasteiger partial charge on any atom is -0.308 e. The molecule has 0 spiro atoms. The van der Waals surface area contributed by atoms with E-state index in [0.717, 1.165) is 12.3 Å². The average Bonchev–Trinajstić information content (AvgIpc) is 2.21. The Morgan fingerprint density at radius 1 is 1.20 bits per heavy atom. The van der Waals surface area contributed by atoms with Crippen LogP contribution in [0, 0.1) is 11.6 Å². The third kappa shape index (κ3) is 5.94. The summed E-state index contributed by atoms with van der Waals surface area (Å²) in [7, 11) is -3.32. The standard InChI is InChI=1S/C13H20F2N2O2S/c1-9(10-5-11(14)7-12(15)6-10)16-8-13(2,3)17-20(4,18)19/h5-7,9,16-17H,8H2,1-4H3. The normalized spacial score (nSPS) is 14.3. The summed E-state index contributed by atoms with van der Waals surface area (Å²) in [6, 6.07) is 3.00. The van der Waals surface area contributed by atoms with E-state index in [1.54, 1.807) is 20.8 Å². The molecule has 4 nitrogen and oxygen atoms in total. The number of nitrogens with one attached hydrogen (secondary N) is 2. The summed E-state index contributed by atoms with van der Waals surface area (Å²) in [5.41, 5.74) is -0.231. The second-order valence-corrected chi connectivity index (χ2v) is 7.31. The van der Waals surface area contributed by atoms with Crippen LogP contribution in [-0.4, -0.2) is 26.8 Å². The highest BCUT2D eigenvalue weighted by atomic mass is 32.2. The highest BCUT2D eigenvalue weighted by Crippen LogP contribution is 2.16. The highest BCUT2D eigenvalue weighted by Gasteiger charge is 2.22. The molecule has 0 aromatic heterocycles. The first-order chi connectivity index (χ1) is 8.98. The molecule has 114 valence electrons. The zero-order valence-corrected chi connectivity index (χ0v) is 12.8. The van der Waals surface area contributed by atoms with E-state index in [4.69, 9.17) is 0 Å². The van der Waals surface area contributed by atoms with Crippen LogP contribution in [0.5, 0.6) is 0 Å². The molecule has 1 aromatic rings. The summed E-state index contributed by atoms with van der Waals surface area (Å²) in [6.45, 7) is 5.52. The van der Waals surface area contributed by atoms with Crippen molar-refractivity contribution < 1.29 is 17.2 Å². The lowest BCUT2D eigenvalue weighted by molar-refractivity contribution is 0.398. The van der Waals surface area contributed by atoms with Crippen LogP contribution in [-0.2, 0) is 10.0 Å². The van der Waals surface area contributed by atoms with Crippen LogP contribution in [0.15, 0.2) is 18.2 Å². The summed E-state index contributed by atoms with van der Waals surface area (Å²) >= 11 is 0. The molecule has 0 fully saturated rings. The van der Waals surface area contributed by atoms with Gasteiger partial charge in [0.1, 0.15) is 11.6 Å². The predicted octanol–water partition coefficient (Wildman–Crippen LogP) is 1.94. The Labute approximate surface area is 118 Å². The largest absolute Gasteiger partial charge is 0.308 e. The average molecular weight is 306 g/mol. The fourth-order valence-electron chi connectivity index (χ4n) is 1.89. The molecule has 0 amide bonds. The van der Waals surface area contributed by atoms with Gasteiger partial charge in [-0.05, 0) is 38.5 Å². The Morgan fingerprint density at radius 2 is 1.70 bits per heavy atom. The van der Waals surface area contributed by atoms with Crippen LogP contribution in [0.1, 0.15) is 32.4 Å². The quantitative estimate of drug-likeness (QED) is 0.844. The summed E-state index contributed by atoms with van der Waals surface area (Å²) in [6.07, 6.45) is 1.08. The van der Waals surface area contributed by atoms with Gasteiger partial charge in [0.2, 0.25) is 10.0 Å². The summed E-state index contributed by atoms with van der Waals surface area (Å²) < 4.78 is 51.2. The first-order valence-corrected chi connectivity index (χ1v) is 8.06. The van der Waals surface area contributed by atoms with Gasteiger partial charge in [0, 0.05) is 24.2 Å². The lowest BCUT2D eigenvalue weighted by Crippen LogP contribution is -2.50. The molecule has 0 radical (unpaired) electrons. The molecule has 0 aliphatic heterocycles. The van der Waals surface area contributed by atoms with Crippen LogP contribution in [0.25, 0.3) is 0 Å². The van der Waals surface area contributed by atoms with Crippen molar-refractivity contribution in [2.75, 3.05) is 12.8 Å². The number of benzene rings is 1. The minimum absolute atomic E-state index is 0.305. The zero-order valence-electron chi connectivity index (χ0n) is 12.0. The van der Waals surface area contributed by atoms with Crippen LogP contribution in [0.2, 0.25) is 0 Å². The van der Waals surface area contributed by atoms with Crippen LogP contribution >= 0.6 is 0 Å². The van der Waals surface area contributed by atoms with Gasteiger partial charge in [0.15, 0.2) is 0 Å². The molecule has 0 aliphatic carbocycles. The van der Waals surface area contributed by atoms with Crippen molar-refractivity contribution in [3.8, 4) is 0 Å². The van der Waals surface area contributed by atoms with E-state index in [9.17, 15) is 17.2 Å². The van der Waals surface area contributed by atoms with Gasteiger partial charge < -0.3 is 5.32 Å². The molecule has 0 saturated heterocycles. The predicted molar refractivity (Wildman–Crippen MR) is 74.8 cm³/mol. The monoisotopic (exact) mass is 306 g/mol. The molecule has 1 aromatic carbocycles. The van der Waals surface area contributed by atoms with Gasteiger partial charge in [0.25, 0.3) is 0 Å². The van der Waals surface area contributed by atoms with Crippen molar-refractivity contribution in [1.82, 2.24) is 10.0 Å². The molecule has 1 rings (SSSR count). The van der Waals surface area contributed by atoms with Gasteiger partial charge in [-0.3, -0.25) is 0 Å². The van der Waals surface area contributed by atoms with Crippen molar-refractivity contribution in [2.24, 2.45) is 0 Å². The van der Waals surface area contributed by atoms with Crippen LogP contribution < -0.4 is 10.0 Å². The molecular formula is C13H20F2N2O2S. The molecule has 0 saturated carbocycles. The molecule has 1 atom stereocenters. The van der Waals surface area contributed by atoms with Crippen LogP contribution in [0.4, 0.5) is 8.78 Å². The maximum absolute atomic E-state index is 13.1. The van der Waals surface area contributed by atoms with Gasteiger partial charge in [0.05, 0.1) is 6.26 Å². The molecule has 0 heterocycles. The van der Waals surface area contributed by atoms with Gasteiger partial charge >= 0.3 is 0 Å². The Bertz CT molecular complexity index is 553. The van der Waals surface area contributed by atoms with Crippen LogP contribution in [0.3, 0.4) is 0 Å². The number of hydrogen-bond acceptors (Lipinski definition) is 3. The number of halogens is 2. The van der Waals surface area contributed by atoms with E-state index in [1.165, 1.54) is 12.1 Å². The van der Waals surface area contributed by atoms with Gasteiger partial charge in [-0.2, -0.15) is 0 Å². The maximum Gasteiger partial charge on any atom is 0.209 e. The highest BCUT2D eigenvalue weighted by molar-refractivity contribution is 7.88. The van der Waals surface area contributed by atoms with E-state index in [0.29, 0.717) is 12.1 Å². The molecule has 20 heavy (non-hydrogen) atoms. The summed E-state index contributed by atoms with van der Waals surface area (Å²) in [4.78, 5) is 0. The van der Waals surface area contributed by atoms with Crippen molar-refractivity contribution in [3.63, 3.8) is 0 Å². The molecule has 2 N–H and O–H groups in total. The van der Waals surface area contributed by atoms with Gasteiger partial charge in [-0.25, -0.2) is 21.9 Å². The summed E-state index contributed by atoms with van der Waals surface area (Å²) in [5, 5.41) is 3.06. The van der Waals surface area contributed by atoms with Gasteiger partial charge in [-0.15, -0.1) is 0 Å². The Morgan fingerprint density at radius 3 is 2.15 bits per heavy atom. The zero-order chi connectivity index (χ0) is 15.6. The first-order valence-electron chi connectivity index (χ1n) is 6.17. The van der Waals surface area contributed by atoms with E-state index in [1.807, 2.05) is 0 Å². The van der Waals surface area contributed by atoms with E-state index >= 15 is 0 Å². The second kappa shape index (κ2) is 6.15. The fraction of sp³-hybridized carbons (Fsp3) is 0.538. The fourth-order valence-corrected chi connectivity index (χ4v) is 2.97. The minimum atomic E-state index is -3.32. The third-order valence-electron chi connectivity index (χ3n) is 2.70. The SMILES string of the molecule is CC(NCC(C)(C)NS(C)(=O)=O)c1cc(F)cc(F)c1. The van der Waals surface area contributed by atoms with Crippen molar-refractivity contribution in [1.29, 1.82) is 0 Å². The summed E-state index contributed by atoms with van der Waals surface area (Å²) in [5.74, 6) is -1.27. The van der Waals surface area contributed by atoms with Gasteiger partial charge in [-0.1, -0.05) is 0 Å². The molecule has 0 aliphatic rings. The molecular weight excluding hydrogens is 286 g/mol.